The molecule has 1 aliphatic rings. The fourth-order valence-electron chi connectivity index (χ4n) is 3.81. The Morgan fingerprint density at radius 2 is 1.96 bits per heavy atom. The fraction of sp³-hybridized carbons (Fsp3) is 0.364. The zero-order valence-electron chi connectivity index (χ0n) is 16.4. The van der Waals surface area contributed by atoms with Crippen LogP contribution in [-0.4, -0.2) is 33.3 Å². The number of pyridine rings is 1. The van der Waals surface area contributed by atoms with E-state index in [9.17, 15) is 0 Å². The highest BCUT2D eigenvalue weighted by Crippen LogP contribution is 2.35. The van der Waals surface area contributed by atoms with E-state index < -0.39 is 0 Å². The minimum atomic E-state index is 0.433. The number of methoxy groups -OCH3 is 1. The van der Waals surface area contributed by atoms with Gasteiger partial charge in [0.05, 0.1) is 13.3 Å². The molecule has 2 aromatic heterocycles. The Morgan fingerprint density at radius 3 is 2.71 bits per heavy atom. The summed E-state index contributed by atoms with van der Waals surface area (Å²) in [5, 5.41) is 4.34. The Bertz CT molecular complexity index is 910. The summed E-state index contributed by atoms with van der Waals surface area (Å²) in [4.78, 5) is 6.55. The van der Waals surface area contributed by atoms with E-state index in [4.69, 9.17) is 9.47 Å². The molecule has 1 aromatic carbocycles. The molecule has 1 fully saturated rings. The summed E-state index contributed by atoms with van der Waals surface area (Å²) >= 11 is 0. The number of aryl methyl sites for hydroxylation is 1. The first kappa shape index (κ1) is 18.5. The molecule has 1 aliphatic heterocycles. The first-order valence-corrected chi connectivity index (χ1v) is 9.64. The number of hydrogen-bond donors (Lipinski definition) is 0. The van der Waals surface area contributed by atoms with Crippen LogP contribution in [0.5, 0.6) is 11.5 Å². The van der Waals surface area contributed by atoms with Crippen molar-refractivity contribution in [2.24, 2.45) is 7.05 Å². The topological polar surface area (TPSA) is 52.4 Å². The van der Waals surface area contributed by atoms with Crippen molar-refractivity contribution in [2.75, 3.05) is 13.7 Å². The number of aromatic nitrogens is 3. The van der Waals surface area contributed by atoms with Gasteiger partial charge in [-0.1, -0.05) is 6.07 Å². The lowest BCUT2D eigenvalue weighted by Gasteiger charge is -2.24. The van der Waals surface area contributed by atoms with Gasteiger partial charge in [0.15, 0.2) is 11.5 Å². The molecule has 1 atom stereocenters. The Kier molecular flexibility index (Phi) is 5.58. The molecule has 0 spiro atoms. The van der Waals surface area contributed by atoms with Crippen LogP contribution in [0.1, 0.15) is 35.6 Å². The zero-order chi connectivity index (χ0) is 19.3. The average molecular weight is 378 g/mol. The second-order valence-electron chi connectivity index (χ2n) is 7.21. The molecule has 0 amide bonds. The van der Waals surface area contributed by atoms with Crippen molar-refractivity contribution < 1.29 is 9.47 Å². The van der Waals surface area contributed by atoms with Crippen molar-refractivity contribution in [3.8, 4) is 11.5 Å². The Morgan fingerprint density at radius 1 is 1.11 bits per heavy atom. The molecule has 0 saturated carbocycles. The lowest BCUT2D eigenvalue weighted by molar-refractivity contribution is 0.247. The van der Waals surface area contributed by atoms with Crippen molar-refractivity contribution >= 4 is 0 Å². The van der Waals surface area contributed by atoms with Crippen LogP contribution in [0.2, 0.25) is 0 Å². The predicted molar refractivity (Wildman–Crippen MR) is 107 cm³/mol. The minimum absolute atomic E-state index is 0.433. The van der Waals surface area contributed by atoms with Crippen molar-refractivity contribution in [3.63, 3.8) is 0 Å². The highest BCUT2D eigenvalue weighted by atomic mass is 16.5. The molecular formula is C22H26N4O2. The Labute approximate surface area is 165 Å². The zero-order valence-corrected chi connectivity index (χ0v) is 16.4. The number of ether oxygens (including phenoxy) is 2. The summed E-state index contributed by atoms with van der Waals surface area (Å²) in [5.41, 5.74) is 3.60. The molecule has 3 heterocycles. The highest BCUT2D eigenvalue weighted by molar-refractivity contribution is 5.43. The first-order chi connectivity index (χ1) is 13.7. The SMILES string of the molecule is COc1cc(CN2CCCC2c2cnn(C)c2)ccc1OCc1ccncc1. The van der Waals surface area contributed by atoms with Crippen LogP contribution in [0.25, 0.3) is 0 Å². The number of likely N-dealkylation sites (tertiary alicyclic amines) is 1. The van der Waals surface area contributed by atoms with E-state index in [0.29, 0.717) is 12.6 Å². The van der Waals surface area contributed by atoms with Gasteiger partial charge in [0.1, 0.15) is 6.61 Å². The molecule has 0 N–H and O–H groups in total. The smallest absolute Gasteiger partial charge is 0.161 e. The van der Waals surface area contributed by atoms with Crippen LogP contribution in [0.3, 0.4) is 0 Å². The van der Waals surface area contributed by atoms with Gasteiger partial charge in [0, 0.05) is 43.8 Å². The maximum Gasteiger partial charge on any atom is 0.161 e. The van der Waals surface area contributed by atoms with E-state index in [-0.39, 0.29) is 0 Å². The third-order valence-electron chi connectivity index (χ3n) is 5.23. The normalized spacial score (nSPS) is 17.0. The van der Waals surface area contributed by atoms with Crippen molar-refractivity contribution in [2.45, 2.75) is 32.0 Å². The van der Waals surface area contributed by atoms with E-state index in [2.05, 4.69) is 33.3 Å². The van der Waals surface area contributed by atoms with E-state index in [1.54, 1.807) is 19.5 Å². The summed E-state index contributed by atoms with van der Waals surface area (Å²) in [6.45, 7) is 2.48. The van der Waals surface area contributed by atoms with Gasteiger partial charge in [-0.05, 0) is 54.8 Å². The maximum absolute atomic E-state index is 5.95. The third-order valence-corrected chi connectivity index (χ3v) is 5.23. The summed E-state index contributed by atoms with van der Waals surface area (Å²) in [6.07, 6.45) is 10.0. The molecule has 28 heavy (non-hydrogen) atoms. The molecule has 1 saturated heterocycles. The predicted octanol–water partition coefficient (Wildman–Crippen LogP) is 3.74. The summed E-state index contributed by atoms with van der Waals surface area (Å²) < 4.78 is 13.4. The summed E-state index contributed by atoms with van der Waals surface area (Å²) in [7, 11) is 3.66. The quantitative estimate of drug-likeness (QED) is 0.627. The molecule has 4 rings (SSSR count). The lowest BCUT2D eigenvalue weighted by Crippen LogP contribution is -2.22. The molecule has 3 aromatic rings. The molecule has 0 aliphatic carbocycles. The maximum atomic E-state index is 5.95. The van der Waals surface area contributed by atoms with Crippen LogP contribution >= 0.6 is 0 Å². The largest absolute Gasteiger partial charge is 0.493 e. The van der Waals surface area contributed by atoms with Crippen LogP contribution in [-0.2, 0) is 20.2 Å². The van der Waals surface area contributed by atoms with Gasteiger partial charge in [0.25, 0.3) is 0 Å². The minimum Gasteiger partial charge on any atom is -0.493 e. The van der Waals surface area contributed by atoms with Crippen molar-refractivity contribution in [1.82, 2.24) is 19.7 Å². The van der Waals surface area contributed by atoms with Crippen LogP contribution in [0.4, 0.5) is 0 Å². The summed E-state index contributed by atoms with van der Waals surface area (Å²) in [5.74, 6) is 1.52. The highest BCUT2D eigenvalue weighted by Gasteiger charge is 2.27. The number of rotatable bonds is 7. The van der Waals surface area contributed by atoms with Gasteiger partial charge in [-0.25, -0.2) is 0 Å². The van der Waals surface area contributed by atoms with Crippen molar-refractivity contribution in [3.05, 3.63) is 71.8 Å². The van der Waals surface area contributed by atoms with Crippen LogP contribution < -0.4 is 9.47 Å². The van der Waals surface area contributed by atoms with Gasteiger partial charge in [0.2, 0.25) is 0 Å². The van der Waals surface area contributed by atoms with E-state index >= 15 is 0 Å². The average Bonchev–Trinajstić information content (AvgIpc) is 3.36. The van der Waals surface area contributed by atoms with Gasteiger partial charge in [-0.2, -0.15) is 5.10 Å². The van der Waals surface area contributed by atoms with Gasteiger partial charge in [-0.15, -0.1) is 0 Å². The Balaban J connectivity index is 1.45. The van der Waals surface area contributed by atoms with E-state index in [0.717, 1.165) is 30.2 Å². The molecule has 0 bridgehead atoms. The molecule has 6 heteroatoms. The number of benzene rings is 1. The summed E-state index contributed by atoms with van der Waals surface area (Å²) in [6, 6.07) is 10.6. The van der Waals surface area contributed by atoms with Crippen LogP contribution in [0.15, 0.2) is 55.1 Å². The van der Waals surface area contributed by atoms with Gasteiger partial charge < -0.3 is 9.47 Å². The fourth-order valence-corrected chi connectivity index (χ4v) is 3.81. The lowest BCUT2D eigenvalue weighted by atomic mass is 10.1. The third kappa shape index (κ3) is 4.17. The molecular weight excluding hydrogens is 352 g/mol. The van der Waals surface area contributed by atoms with Gasteiger partial charge in [-0.3, -0.25) is 14.6 Å². The number of nitrogens with zero attached hydrogens (tertiary/aromatic N) is 4. The second-order valence-corrected chi connectivity index (χ2v) is 7.21. The molecule has 6 nitrogen and oxygen atoms in total. The van der Waals surface area contributed by atoms with Crippen LogP contribution in [0, 0.1) is 0 Å². The van der Waals surface area contributed by atoms with Crippen molar-refractivity contribution in [1.29, 1.82) is 0 Å². The van der Waals surface area contributed by atoms with E-state index in [1.807, 2.05) is 36.1 Å². The number of hydrogen-bond acceptors (Lipinski definition) is 5. The second kappa shape index (κ2) is 8.44. The first-order valence-electron chi connectivity index (χ1n) is 9.64. The molecule has 0 radical (unpaired) electrons. The Hall–Kier alpha value is -2.86. The molecule has 146 valence electrons. The molecule has 1 unspecified atom stereocenters. The standard InChI is InChI=1S/C22H26N4O2/c1-25-15-19(13-24-25)20-4-3-11-26(20)14-18-5-6-21(22(12-18)27-2)28-16-17-7-9-23-10-8-17/h5-10,12-13,15,20H,3-4,11,14,16H2,1-2H3. The van der Waals surface area contributed by atoms with E-state index in [1.165, 1.54) is 24.0 Å². The monoisotopic (exact) mass is 378 g/mol. The van der Waals surface area contributed by atoms with Gasteiger partial charge >= 0.3 is 0 Å².